The summed E-state index contributed by atoms with van der Waals surface area (Å²) in [5.41, 5.74) is 0. The lowest BCUT2D eigenvalue weighted by Gasteiger charge is -2.37. The average molecular weight is 381 g/mol. The molecular weight excluding hydrogens is 352 g/mol. The van der Waals surface area contributed by atoms with E-state index in [4.69, 9.17) is 4.74 Å². The standard InChI is InChI=1S/C19H28N2O4S/c1-26(23,24)21-12-9-17(10-13-21)19(22)20-11-5-6-16(14-20)15-25-18-7-3-2-4-8-18/h2-4,7-8,16-17H,5-6,9-15H2,1H3. The van der Waals surface area contributed by atoms with Gasteiger partial charge in [0.05, 0.1) is 12.9 Å². The van der Waals surface area contributed by atoms with E-state index in [1.54, 1.807) is 0 Å². The van der Waals surface area contributed by atoms with Crippen molar-refractivity contribution in [3.05, 3.63) is 30.3 Å². The molecule has 0 aromatic heterocycles. The van der Waals surface area contributed by atoms with E-state index >= 15 is 0 Å². The predicted octanol–water partition coefficient (Wildman–Crippen LogP) is 1.98. The largest absolute Gasteiger partial charge is 0.493 e. The van der Waals surface area contributed by atoms with Gasteiger partial charge >= 0.3 is 0 Å². The number of nitrogens with zero attached hydrogens (tertiary/aromatic N) is 2. The maximum Gasteiger partial charge on any atom is 0.225 e. The van der Waals surface area contributed by atoms with E-state index < -0.39 is 10.0 Å². The number of sulfonamides is 1. The number of carbonyl (C=O) groups is 1. The zero-order valence-corrected chi connectivity index (χ0v) is 16.2. The highest BCUT2D eigenvalue weighted by Gasteiger charge is 2.33. The molecule has 6 nitrogen and oxygen atoms in total. The molecule has 0 spiro atoms. The number of rotatable bonds is 5. The number of carbonyl (C=O) groups excluding carboxylic acids is 1. The Kier molecular flexibility index (Phi) is 6.19. The van der Waals surface area contributed by atoms with Gasteiger partial charge in [0, 0.05) is 38.0 Å². The van der Waals surface area contributed by atoms with Crippen LogP contribution in [0, 0.1) is 11.8 Å². The van der Waals surface area contributed by atoms with Crippen LogP contribution in [0.4, 0.5) is 0 Å². The Morgan fingerprint density at radius 1 is 1.12 bits per heavy atom. The number of para-hydroxylation sites is 1. The van der Waals surface area contributed by atoms with Crippen LogP contribution in [0.2, 0.25) is 0 Å². The molecule has 144 valence electrons. The van der Waals surface area contributed by atoms with Crippen LogP contribution < -0.4 is 4.74 Å². The maximum atomic E-state index is 12.8. The van der Waals surface area contributed by atoms with Gasteiger partial charge in [-0.25, -0.2) is 12.7 Å². The quantitative estimate of drug-likeness (QED) is 0.783. The summed E-state index contributed by atoms with van der Waals surface area (Å²) in [7, 11) is -3.15. The van der Waals surface area contributed by atoms with E-state index in [0.29, 0.717) is 38.5 Å². The Morgan fingerprint density at radius 2 is 1.81 bits per heavy atom. The highest BCUT2D eigenvalue weighted by molar-refractivity contribution is 7.88. The zero-order valence-electron chi connectivity index (χ0n) is 15.3. The number of benzene rings is 1. The van der Waals surface area contributed by atoms with Gasteiger partial charge in [-0.15, -0.1) is 0 Å². The summed E-state index contributed by atoms with van der Waals surface area (Å²) in [4.78, 5) is 14.8. The van der Waals surface area contributed by atoms with E-state index in [1.165, 1.54) is 10.6 Å². The lowest BCUT2D eigenvalue weighted by molar-refractivity contribution is -0.138. The van der Waals surface area contributed by atoms with Crippen molar-refractivity contribution >= 4 is 15.9 Å². The molecule has 2 saturated heterocycles. The summed E-state index contributed by atoms with van der Waals surface area (Å²) >= 11 is 0. The van der Waals surface area contributed by atoms with E-state index in [2.05, 4.69) is 0 Å². The lowest BCUT2D eigenvalue weighted by atomic mass is 9.93. The van der Waals surface area contributed by atoms with Crippen LogP contribution in [0.5, 0.6) is 5.75 Å². The van der Waals surface area contributed by atoms with Crippen molar-refractivity contribution in [1.29, 1.82) is 0 Å². The molecule has 1 atom stereocenters. The first-order valence-corrected chi connectivity index (χ1v) is 11.2. The molecule has 1 aromatic rings. The predicted molar refractivity (Wildman–Crippen MR) is 100 cm³/mol. The van der Waals surface area contributed by atoms with Crippen LogP contribution in [0.3, 0.4) is 0 Å². The van der Waals surface area contributed by atoms with Gasteiger partial charge < -0.3 is 9.64 Å². The van der Waals surface area contributed by atoms with Gasteiger partial charge in [0.15, 0.2) is 0 Å². The SMILES string of the molecule is CS(=O)(=O)N1CCC(C(=O)N2CCCC(COc3ccccc3)C2)CC1. The molecule has 0 saturated carbocycles. The highest BCUT2D eigenvalue weighted by atomic mass is 32.2. The van der Waals surface area contributed by atoms with E-state index in [0.717, 1.165) is 31.7 Å². The summed E-state index contributed by atoms with van der Waals surface area (Å²) < 4.78 is 30.6. The second-order valence-corrected chi connectivity index (χ2v) is 9.34. The number of likely N-dealkylation sites (tertiary alicyclic amines) is 1. The molecule has 2 aliphatic heterocycles. The molecular formula is C19H28N2O4S. The van der Waals surface area contributed by atoms with Crippen molar-refractivity contribution in [1.82, 2.24) is 9.21 Å². The van der Waals surface area contributed by atoms with Crippen LogP contribution in [-0.2, 0) is 14.8 Å². The van der Waals surface area contributed by atoms with Crippen LogP contribution in [0.25, 0.3) is 0 Å². The summed E-state index contributed by atoms with van der Waals surface area (Å²) in [6.07, 6.45) is 4.54. The van der Waals surface area contributed by atoms with Crippen molar-refractivity contribution in [2.75, 3.05) is 39.0 Å². The Hall–Kier alpha value is -1.60. The van der Waals surface area contributed by atoms with E-state index in [9.17, 15) is 13.2 Å². The summed E-state index contributed by atoms with van der Waals surface area (Å²) in [5.74, 6) is 1.34. The third-order valence-corrected chi connectivity index (χ3v) is 6.63. The Labute approximate surface area is 156 Å². The van der Waals surface area contributed by atoms with Crippen LogP contribution in [0.15, 0.2) is 30.3 Å². The van der Waals surface area contributed by atoms with Gasteiger partial charge in [0.25, 0.3) is 0 Å². The number of ether oxygens (including phenoxy) is 1. The Balaban J connectivity index is 1.49. The first-order valence-electron chi connectivity index (χ1n) is 9.35. The molecule has 2 heterocycles. The monoisotopic (exact) mass is 380 g/mol. The molecule has 3 rings (SSSR count). The molecule has 0 radical (unpaired) electrons. The number of hydrogen-bond donors (Lipinski definition) is 0. The third kappa shape index (κ3) is 4.98. The van der Waals surface area contributed by atoms with E-state index in [-0.39, 0.29) is 11.8 Å². The Morgan fingerprint density at radius 3 is 2.46 bits per heavy atom. The molecule has 7 heteroatoms. The van der Waals surface area contributed by atoms with Gasteiger partial charge in [-0.3, -0.25) is 4.79 Å². The summed E-state index contributed by atoms with van der Waals surface area (Å²) in [6, 6.07) is 9.76. The third-order valence-electron chi connectivity index (χ3n) is 5.33. The molecule has 0 N–H and O–H groups in total. The summed E-state index contributed by atoms with van der Waals surface area (Å²) in [5, 5.41) is 0. The van der Waals surface area contributed by atoms with Crippen molar-refractivity contribution < 1.29 is 17.9 Å². The van der Waals surface area contributed by atoms with Crippen molar-refractivity contribution in [3.8, 4) is 5.75 Å². The minimum Gasteiger partial charge on any atom is -0.493 e. The molecule has 26 heavy (non-hydrogen) atoms. The number of amides is 1. The first-order chi connectivity index (χ1) is 12.4. The van der Waals surface area contributed by atoms with Gasteiger partial charge in [-0.05, 0) is 37.8 Å². The van der Waals surface area contributed by atoms with Crippen LogP contribution in [0.1, 0.15) is 25.7 Å². The number of piperidine rings is 2. The molecule has 1 unspecified atom stereocenters. The normalized spacial score (nSPS) is 23.0. The minimum atomic E-state index is -3.15. The molecule has 2 aliphatic rings. The van der Waals surface area contributed by atoms with E-state index in [1.807, 2.05) is 35.2 Å². The van der Waals surface area contributed by atoms with Crippen molar-refractivity contribution in [2.45, 2.75) is 25.7 Å². The fourth-order valence-corrected chi connectivity index (χ4v) is 4.70. The molecule has 0 bridgehead atoms. The fourth-order valence-electron chi connectivity index (χ4n) is 3.82. The Bertz CT molecular complexity index is 700. The smallest absolute Gasteiger partial charge is 0.225 e. The minimum absolute atomic E-state index is 0.0539. The van der Waals surface area contributed by atoms with Crippen molar-refractivity contribution in [3.63, 3.8) is 0 Å². The van der Waals surface area contributed by atoms with Gasteiger partial charge in [0.1, 0.15) is 5.75 Å². The topological polar surface area (TPSA) is 66.9 Å². The van der Waals surface area contributed by atoms with Crippen LogP contribution >= 0.6 is 0 Å². The molecule has 1 aromatic carbocycles. The highest BCUT2D eigenvalue weighted by Crippen LogP contribution is 2.25. The summed E-state index contributed by atoms with van der Waals surface area (Å²) in [6.45, 7) is 3.05. The zero-order chi connectivity index (χ0) is 18.6. The van der Waals surface area contributed by atoms with Gasteiger partial charge in [-0.1, -0.05) is 18.2 Å². The molecule has 0 aliphatic carbocycles. The second-order valence-electron chi connectivity index (χ2n) is 7.35. The lowest BCUT2D eigenvalue weighted by Crippen LogP contribution is -2.47. The average Bonchev–Trinajstić information content (AvgIpc) is 2.66. The van der Waals surface area contributed by atoms with Crippen molar-refractivity contribution in [2.24, 2.45) is 11.8 Å². The second kappa shape index (κ2) is 8.39. The molecule has 2 fully saturated rings. The first kappa shape index (κ1) is 19.2. The van der Waals surface area contributed by atoms with Crippen LogP contribution in [-0.4, -0.2) is 62.6 Å². The fraction of sp³-hybridized carbons (Fsp3) is 0.632. The maximum absolute atomic E-state index is 12.8. The number of hydrogen-bond acceptors (Lipinski definition) is 4. The van der Waals surface area contributed by atoms with Gasteiger partial charge in [-0.2, -0.15) is 0 Å². The van der Waals surface area contributed by atoms with Gasteiger partial charge in [0.2, 0.25) is 15.9 Å². The molecule has 1 amide bonds.